The Balaban J connectivity index is 0.000000215. The van der Waals surface area contributed by atoms with E-state index in [1.807, 2.05) is 12.1 Å². The Morgan fingerprint density at radius 2 is 1.74 bits per heavy atom. The summed E-state index contributed by atoms with van der Waals surface area (Å²) >= 11 is 0. The predicted molar refractivity (Wildman–Crippen MR) is 145 cm³/mol. The van der Waals surface area contributed by atoms with Crippen molar-refractivity contribution >= 4 is 35.1 Å². The first kappa shape index (κ1) is 28.0. The lowest BCUT2D eigenvalue weighted by Crippen LogP contribution is -2.41. The number of amides is 3. The Morgan fingerprint density at radius 1 is 1.00 bits per heavy atom. The summed E-state index contributed by atoms with van der Waals surface area (Å²) in [6.07, 6.45) is 0.968. The van der Waals surface area contributed by atoms with Crippen molar-refractivity contribution < 1.29 is 24.3 Å². The Bertz CT molecular complexity index is 1310. The molecule has 198 valence electrons. The molecule has 4 rings (SSSR count). The van der Waals surface area contributed by atoms with E-state index in [9.17, 15) is 19.2 Å². The molecule has 0 aromatic heterocycles. The maximum absolute atomic E-state index is 12.5. The lowest BCUT2D eigenvalue weighted by molar-refractivity contribution is -0.135. The summed E-state index contributed by atoms with van der Waals surface area (Å²) in [6, 6.07) is 20.3. The summed E-state index contributed by atoms with van der Waals surface area (Å²) in [5.74, 6) is -2.31. The number of nitrogens with zero attached hydrogens (tertiary/aromatic N) is 1. The molecule has 3 aromatic rings. The molecule has 1 atom stereocenters. The number of imide groups is 1. The van der Waals surface area contributed by atoms with Gasteiger partial charge in [-0.15, -0.1) is 0 Å². The monoisotopic (exact) mass is 517 g/mol. The number of carboxylic acid groups (broad SMARTS) is 1. The zero-order valence-corrected chi connectivity index (χ0v) is 21.0. The molecule has 10 nitrogen and oxygen atoms in total. The van der Waals surface area contributed by atoms with Crippen molar-refractivity contribution in [2.45, 2.75) is 25.9 Å². The number of benzene rings is 3. The molecule has 0 saturated carbocycles. The van der Waals surface area contributed by atoms with Crippen LogP contribution < -0.4 is 27.0 Å². The number of aliphatic carboxylic acids is 1. The first-order valence-corrected chi connectivity index (χ1v) is 12.0. The molecule has 0 bridgehead atoms. The maximum Gasteiger partial charge on any atom is 0.323 e. The molecule has 1 aliphatic rings. The van der Waals surface area contributed by atoms with Gasteiger partial charge in [0.05, 0.1) is 6.04 Å². The van der Waals surface area contributed by atoms with Crippen molar-refractivity contribution in [1.82, 2.24) is 5.32 Å². The van der Waals surface area contributed by atoms with Gasteiger partial charge in [0.2, 0.25) is 5.91 Å². The van der Waals surface area contributed by atoms with Crippen molar-refractivity contribution in [1.29, 1.82) is 0 Å². The number of hydrogen-bond acceptors (Lipinski definition) is 7. The van der Waals surface area contributed by atoms with E-state index in [1.165, 1.54) is 17.4 Å². The highest BCUT2D eigenvalue weighted by molar-refractivity contribution is 6.08. The number of hydrogen-bond donors (Lipinski definition) is 5. The number of carboxylic acids is 1. The van der Waals surface area contributed by atoms with Gasteiger partial charge in [-0.3, -0.25) is 29.4 Å². The fraction of sp³-hybridized carbons (Fsp3) is 0.214. The SMILES string of the molecule is C[C@H](N)C(=O)NC(=O)c1ccc2c(c1)NCC2.NCc1cccc(N(CC(=O)O)C(=O)c2ccccc2)c1. The third-order valence-electron chi connectivity index (χ3n) is 5.75. The summed E-state index contributed by atoms with van der Waals surface area (Å²) in [6.45, 7) is 2.35. The largest absolute Gasteiger partial charge is 0.480 e. The minimum Gasteiger partial charge on any atom is -0.480 e. The molecule has 3 aromatic carbocycles. The Labute approximate surface area is 220 Å². The molecule has 1 aliphatic heterocycles. The summed E-state index contributed by atoms with van der Waals surface area (Å²) in [4.78, 5) is 47.8. The van der Waals surface area contributed by atoms with E-state index >= 15 is 0 Å². The van der Waals surface area contributed by atoms with Crippen LogP contribution in [0.15, 0.2) is 72.8 Å². The van der Waals surface area contributed by atoms with E-state index < -0.39 is 30.4 Å². The molecule has 0 unspecified atom stereocenters. The van der Waals surface area contributed by atoms with Gasteiger partial charge in [0, 0.05) is 35.6 Å². The Morgan fingerprint density at radius 3 is 2.39 bits per heavy atom. The van der Waals surface area contributed by atoms with Crippen LogP contribution in [0.3, 0.4) is 0 Å². The third-order valence-corrected chi connectivity index (χ3v) is 5.75. The highest BCUT2D eigenvalue weighted by Gasteiger charge is 2.20. The molecule has 0 spiro atoms. The lowest BCUT2D eigenvalue weighted by Gasteiger charge is -2.21. The minimum atomic E-state index is -1.07. The lowest BCUT2D eigenvalue weighted by atomic mass is 10.1. The predicted octanol–water partition coefficient (Wildman–Crippen LogP) is 2.13. The van der Waals surface area contributed by atoms with Crippen LogP contribution in [0.2, 0.25) is 0 Å². The van der Waals surface area contributed by atoms with E-state index in [-0.39, 0.29) is 5.91 Å². The molecule has 7 N–H and O–H groups in total. The normalized spacial score (nSPS) is 12.2. The van der Waals surface area contributed by atoms with Crippen molar-refractivity contribution in [3.63, 3.8) is 0 Å². The van der Waals surface area contributed by atoms with Crippen LogP contribution in [-0.2, 0) is 22.6 Å². The third kappa shape index (κ3) is 7.48. The number of nitrogens with two attached hydrogens (primary N) is 2. The number of anilines is 2. The average Bonchev–Trinajstić information content (AvgIpc) is 3.40. The Kier molecular flexibility index (Phi) is 9.69. The zero-order valence-electron chi connectivity index (χ0n) is 21.0. The number of fused-ring (bicyclic) bond motifs is 1. The molecule has 0 fully saturated rings. The second-order valence-electron chi connectivity index (χ2n) is 8.68. The molecule has 3 amide bonds. The van der Waals surface area contributed by atoms with Crippen molar-refractivity contribution in [2.24, 2.45) is 11.5 Å². The van der Waals surface area contributed by atoms with E-state index in [0.717, 1.165) is 24.2 Å². The van der Waals surface area contributed by atoms with Crippen LogP contribution in [0.5, 0.6) is 0 Å². The highest BCUT2D eigenvalue weighted by atomic mass is 16.4. The van der Waals surface area contributed by atoms with Gasteiger partial charge in [0.25, 0.3) is 11.8 Å². The van der Waals surface area contributed by atoms with Gasteiger partial charge in [-0.1, -0.05) is 36.4 Å². The quantitative estimate of drug-likeness (QED) is 0.318. The molecular formula is C28H31N5O5. The van der Waals surface area contributed by atoms with Crippen LogP contribution in [0.25, 0.3) is 0 Å². The second kappa shape index (κ2) is 13.1. The minimum absolute atomic E-state index is 0.328. The Hall–Kier alpha value is -4.54. The number of rotatable bonds is 7. The van der Waals surface area contributed by atoms with Gasteiger partial charge in [0.15, 0.2) is 0 Å². The van der Waals surface area contributed by atoms with Crippen LogP contribution in [-0.4, -0.2) is 47.9 Å². The standard InChI is InChI=1S/C16H16N2O3.C12H15N3O2/c17-10-12-5-4-8-14(9-12)18(11-15(19)20)16(21)13-6-2-1-3-7-13;1-7(13)11(16)15-12(17)9-3-2-8-4-5-14-10(8)6-9/h1-9H,10-11,17H2,(H,19,20);2-3,6-7,14H,4-5,13H2,1H3,(H,15,16,17)/t;7-/m.0/s1. The molecule has 1 heterocycles. The molecule has 38 heavy (non-hydrogen) atoms. The fourth-order valence-corrected chi connectivity index (χ4v) is 3.73. The average molecular weight is 518 g/mol. The van der Waals surface area contributed by atoms with Gasteiger partial charge in [-0.2, -0.15) is 0 Å². The van der Waals surface area contributed by atoms with Gasteiger partial charge in [0.1, 0.15) is 6.54 Å². The van der Waals surface area contributed by atoms with Gasteiger partial charge >= 0.3 is 5.97 Å². The van der Waals surface area contributed by atoms with Crippen LogP contribution in [0, 0.1) is 0 Å². The zero-order chi connectivity index (χ0) is 27.7. The summed E-state index contributed by atoms with van der Waals surface area (Å²) < 4.78 is 0. The smallest absolute Gasteiger partial charge is 0.323 e. The van der Waals surface area contributed by atoms with Crippen LogP contribution >= 0.6 is 0 Å². The second-order valence-corrected chi connectivity index (χ2v) is 8.68. The van der Waals surface area contributed by atoms with Crippen LogP contribution in [0.4, 0.5) is 11.4 Å². The van der Waals surface area contributed by atoms with Gasteiger partial charge < -0.3 is 21.9 Å². The molecular weight excluding hydrogens is 486 g/mol. The van der Waals surface area contributed by atoms with Crippen molar-refractivity contribution in [2.75, 3.05) is 23.3 Å². The highest BCUT2D eigenvalue weighted by Crippen LogP contribution is 2.23. The maximum atomic E-state index is 12.5. The fourth-order valence-electron chi connectivity index (χ4n) is 3.73. The summed E-state index contributed by atoms with van der Waals surface area (Å²) in [5, 5.41) is 14.5. The number of carbonyl (C=O) groups is 4. The summed E-state index contributed by atoms with van der Waals surface area (Å²) in [7, 11) is 0. The topological polar surface area (TPSA) is 168 Å². The van der Waals surface area contributed by atoms with Crippen molar-refractivity contribution in [3.05, 3.63) is 95.1 Å². The van der Waals surface area contributed by atoms with Crippen LogP contribution in [0.1, 0.15) is 38.8 Å². The van der Waals surface area contributed by atoms with Gasteiger partial charge in [-0.05, 0) is 60.9 Å². The molecule has 0 aliphatic carbocycles. The van der Waals surface area contributed by atoms with E-state index in [1.54, 1.807) is 60.7 Å². The first-order chi connectivity index (χ1) is 18.2. The van der Waals surface area contributed by atoms with Gasteiger partial charge in [-0.25, -0.2) is 0 Å². The van der Waals surface area contributed by atoms with E-state index in [0.29, 0.717) is 23.4 Å². The molecule has 0 saturated heterocycles. The van der Waals surface area contributed by atoms with E-state index in [4.69, 9.17) is 16.6 Å². The first-order valence-electron chi connectivity index (χ1n) is 12.0. The summed E-state index contributed by atoms with van der Waals surface area (Å²) in [5.41, 5.74) is 15.4. The number of nitrogens with one attached hydrogen (secondary N) is 2. The molecule has 0 radical (unpaired) electrons. The molecule has 10 heteroatoms. The van der Waals surface area contributed by atoms with E-state index in [2.05, 4.69) is 10.6 Å². The van der Waals surface area contributed by atoms with Crippen molar-refractivity contribution in [3.8, 4) is 0 Å². The number of carbonyl (C=O) groups excluding carboxylic acids is 3.